The van der Waals surface area contributed by atoms with Crippen LogP contribution in [0, 0.1) is 17.8 Å². The zero-order chi connectivity index (χ0) is 30.5. The third-order valence-electron chi connectivity index (χ3n) is 8.03. The summed E-state index contributed by atoms with van der Waals surface area (Å²) in [5.41, 5.74) is 0.284. The summed E-state index contributed by atoms with van der Waals surface area (Å²) in [4.78, 5) is 43.4. The molecule has 1 aliphatic rings. The van der Waals surface area contributed by atoms with Gasteiger partial charge in [0.1, 0.15) is 18.2 Å². The number of esters is 1. The average Bonchev–Trinajstić information content (AvgIpc) is 2.84. The Labute approximate surface area is 242 Å². The minimum absolute atomic E-state index is 0.00800. The first-order valence-corrected chi connectivity index (χ1v) is 17.3. The van der Waals surface area contributed by atoms with Crippen LogP contribution in [-0.2, 0) is 30.1 Å². The van der Waals surface area contributed by atoms with Crippen molar-refractivity contribution in [2.24, 2.45) is 17.8 Å². The largest absolute Gasteiger partial charge is 0.459 e. The lowest BCUT2D eigenvalue weighted by Gasteiger charge is -2.43. The van der Waals surface area contributed by atoms with Crippen LogP contribution in [0.15, 0.2) is 30.3 Å². The fourth-order valence-corrected chi connectivity index (χ4v) is 5.70. The molecule has 0 spiro atoms. The highest BCUT2D eigenvalue weighted by Crippen LogP contribution is 2.38. The van der Waals surface area contributed by atoms with Gasteiger partial charge < -0.3 is 23.7 Å². The van der Waals surface area contributed by atoms with Crippen molar-refractivity contribution in [1.29, 1.82) is 0 Å². The summed E-state index contributed by atoms with van der Waals surface area (Å²) < 4.78 is 17.8. The van der Waals surface area contributed by atoms with E-state index in [0.29, 0.717) is 26.1 Å². The lowest BCUT2D eigenvalue weighted by Crippen LogP contribution is -2.55. The Balaban J connectivity index is 2.24. The third kappa shape index (κ3) is 9.33. The van der Waals surface area contributed by atoms with Crippen molar-refractivity contribution in [3.8, 4) is 0 Å². The van der Waals surface area contributed by atoms with Gasteiger partial charge in [-0.1, -0.05) is 65.0 Å². The standard InChI is InChI=1S/C31H52N2O6Si/c1-22(2)26(28(35)37-20-23-15-13-12-14-16-23)32(9)27(34)25-17-18-33(29(36)39-30(3,4)5)19-24(25)21-38-40(10,11)31(6,7)8/h12-16,22,24-26H,17-21H2,1-11H3/t24-,25-,26-/m0/s1. The molecule has 0 aromatic heterocycles. The fourth-order valence-electron chi connectivity index (χ4n) is 4.64. The number of hydrogen-bond acceptors (Lipinski definition) is 6. The van der Waals surface area contributed by atoms with Gasteiger partial charge in [0.2, 0.25) is 5.91 Å². The summed E-state index contributed by atoms with van der Waals surface area (Å²) in [5, 5.41) is 0.00800. The summed E-state index contributed by atoms with van der Waals surface area (Å²) in [6.45, 7) is 21.6. The quantitative estimate of drug-likeness (QED) is 0.261. The number of likely N-dealkylation sites (tertiary alicyclic amines) is 1. The van der Waals surface area contributed by atoms with E-state index in [2.05, 4.69) is 33.9 Å². The van der Waals surface area contributed by atoms with E-state index in [0.717, 1.165) is 5.56 Å². The number of likely N-dealkylation sites (N-methyl/N-ethyl adjacent to an activating group) is 1. The average molecular weight is 577 g/mol. The number of carbonyl (C=O) groups is 3. The number of piperidine rings is 1. The molecular weight excluding hydrogens is 524 g/mol. The van der Waals surface area contributed by atoms with E-state index in [4.69, 9.17) is 13.9 Å². The van der Waals surface area contributed by atoms with E-state index in [-0.39, 0.29) is 35.5 Å². The molecule has 0 aliphatic carbocycles. The highest BCUT2D eigenvalue weighted by atomic mass is 28.4. The smallest absolute Gasteiger partial charge is 0.410 e. The summed E-state index contributed by atoms with van der Waals surface area (Å²) >= 11 is 0. The number of ether oxygens (including phenoxy) is 2. The molecule has 1 fully saturated rings. The minimum Gasteiger partial charge on any atom is -0.459 e. The molecule has 0 bridgehead atoms. The van der Waals surface area contributed by atoms with Crippen molar-refractivity contribution in [3.05, 3.63) is 35.9 Å². The van der Waals surface area contributed by atoms with Crippen LogP contribution in [0.1, 0.15) is 67.4 Å². The highest BCUT2D eigenvalue weighted by Gasteiger charge is 2.44. The molecule has 226 valence electrons. The van der Waals surface area contributed by atoms with Gasteiger partial charge in [0, 0.05) is 38.6 Å². The predicted molar refractivity (Wildman–Crippen MR) is 160 cm³/mol. The number of benzene rings is 1. The molecule has 40 heavy (non-hydrogen) atoms. The molecule has 9 heteroatoms. The second-order valence-corrected chi connectivity index (χ2v) is 18.7. The van der Waals surface area contributed by atoms with Crippen LogP contribution in [0.3, 0.4) is 0 Å². The maximum absolute atomic E-state index is 14.0. The second-order valence-electron chi connectivity index (χ2n) is 13.9. The second kappa shape index (κ2) is 13.5. The molecule has 2 rings (SSSR count). The molecular formula is C31H52N2O6Si. The number of amides is 2. The molecule has 1 heterocycles. The first-order valence-electron chi connectivity index (χ1n) is 14.4. The van der Waals surface area contributed by atoms with E-state index < -0.39 is 31.8 Å². The maximum atomic E-state index is 14.0. The third-order valence-corrected chi connectivity index (χ3v) is 12.5. The van der Waals surface area contributed by atoms with Gasteiger partial charge in [-0.15, -0.1) is 0 Å². The zero-order valence-electron chi connectivity index (χ0n) is 26.6. The van der Waals surface area contributed by atoms with Crippen LogP contribution in [-0.4, -0.2) is 74.5 Å². The van der Waals surface area contributed by atoms with Gasteiger partial charge >= 0.3 is 12.1 Å². The van der Waals surface area contributed by atoms with Crippen molar-refractivity contribution in [2.75, 3.05) is 26.7 Å². The van der Waals surface area contributed by atoms with Crippen molar-refractivity contribution >= 4 is 26.3 Å². The topological polar surface area (TPSA) is 85.4 Å². The maximum Gasteiger partial charge on any atom is 0.410 e. The molecule has 1 aromatic carbocycles. The van der Waals surface area contributed by atoms with Crippen LogP contribution in [0.5, 0.6) is 0 Å². The van der Waals surface area contributed by atoms with Gasteiger partial charge in [0.15, 0.2) is 8.32 Å². The molecule has 1 aliphatic heterocycles. The van der Waals surface area contributed by atoms with Crippen LogP contribution >= 0.6 is 0 Å². The van der Waals surface area contributed by atoms with Crippen molar-refractivity contribution < 1.29 is 28.3 Å². The molecule has 2 amide bonds. The van der Waals surface area contributed by atoms with Crippen LogP contribution in [0.2, 0.25) is 18.1 Å². The Bertz CT molecular complexity index is 999. The molecule has 3 atom stereocenters. The number of rotatable bonds is 9. The Morgan fingerprint density at radius 2 is 1.65 bits per heavy atom. The van der Waals surface area contributed by atoms with Gasteiger partial charge in [0.25, 0.3) is 0 Å². The number of carbonyl (C=O) groups excluding carboxylic acids is 3. The summed E-state index contributed by atoms with van der Waals surface area (Å²) in [6, 6.07) is 8.79. The lowest BCUT2D eigenvalue weighted by molar-refractivity contribution is -0.160. The van der Waals surface area contributed by atoms with Crippen LogP contribution in [0.4, 0.5) is 4.79 Å². The lowest BCUT2D eigenvalue weighted by atomic mass is 9.84. The Morgan fingerprint density at radius 3 is 2.17 bits per heavy atom. The monoisotopic (exact) mass is 576 g/mol. The van der Waals surface area contributed by atoms with E-state index in [1.165, 1.54) is 0 Å². The van der Waals surface area contributed by atoms with Crippen molar-refractivity contribution in [3.63, 3.8) is 0 Å². The molecule has 1 aromatic rings. The Hall–Kier alpha value is -2.39. The van der Waals surface area contributed by atoms with Gasteiger partial charge in [-0.25, -0.2) is 9.59 Å². The van der Waals surface area contributed by atoms with Crippen LogP contribution in [0.25, 0.3) is 0 Å². The molecule has 0 radical (unpaired) electrons. The van der Waals surface area contributed by atoms with Crippen molar-refractivity contribution in [1.82, 2.24) is 9.80 Å². The van der Waals surface area contributed by atoms with Crippen LogP contribution < -0.4 is 0 Å². The van der Waals surface area contributed by atoms with E-state index in [1.807, 2.05) is 65.0 Å². The minimum atomic E-state index is -2.10. The molecule has 0 saturated carbocycles. The molecule has 1 saturated heterocycles. The first kappa shape index (κ1) is 33.8. The molecule has 8 nitrogen and oxygen atoms in total. The fraction of sp³-hybridized carbons (Fsp3) is 0.710. The zero-order valence-corrected chi connectivity index (χ0v) is 27.6. The van der Waals surface area contributed by atoms with Gasteiger partial charge in [-0.05, 0) is 56.8 Å². The number of hydrogen-bond donors (Lipinski definition) is 0. The van der Waals surface area contributed by atoms with Crippen molar-refractivity contribution in [2.45, 2.75) is 98.2 Å². The van der Waals surface area contributed by atoms with Gasteiger partial charge in [-0.2, -0.15) is 0 Å². The Kier molecular flexibility index (Phi) is 11.4. The number of nitrogens with zero attached hydrogens (tertiary/aromatic N) is 2. The summed E-state index contributed by atoms with van der Waals surface area (Å²) in [5.74, 6) is -1.30. The van der Waals surface area contributed by atoms with E-state index >= 15 is 0 Å². The van der Waals surface area contributed by atoms with Gasteiger partial charge in [-0.3, -0.25) is 4.79 Å². The summed E-state index contributed by atoms with van der Waals surface area (Å²) in [6.07, 6.45) is 0.0892. The highest BCUT2D eigenvalue weighted by molar-refractivity contribution is 6.74. The summed E-state index contributed by atoms with van der Waals surface area (Å²) in [7, 11) is -0.419. The van der Waals surface area contributed by atoms with E-state index in [1.54, 1.807) is 16.8 Å². The molecule has 0 N–H and O–H groups in total. The predicted octanol–water partition coefficient (Wildman–Crippen LogP) is 6.11. The molecule has 0 unspecified atom stereocenters. The SMILES string of the molecule is CC(C)[C@@H](C(=O)OCc1ccccc1)N(C)C(=O)[C@H]1CCN(C(=O)OC(C)(C)C)C[C@H]1CO[Si](C)(C)C(C)(C)C. The normalized spacial score (nSPS) is 19.2. The first-order chi connectivity index (χ1) is 18.3. The van der Waals surface area contributed by atoms with Gasteiger partial charge in [0.05, 0.1) is 0 Å². The van der Waals surface area contributed by atoms with E-state index in [9.17, 15) is 14.4 Å². The Morgan fingerprint density at radius 1 is 1.05 bits per heavy atom.